The third kappa shape index (κ3) is 1.90. The molecule has 0 atom stereocenters. The quantitative estimate of drug-likeness (QED) is 0.678. The molecule has 2 rings (SSSR count). The number of nitriles is 1. The van der Waals surface area contributed by atoms with Gasteiger partial charge in [-0.1, -0.05) is 11.6 Å². The van der Waals surface area contributed by atoms with Crippen molar-refractivity contribution in [2.45, 2.75) is 18.9 Å². The van der Waals surface area contributed by atoms with Gasteiger partial charge in [-0.05, 0) is 12.8 Å². The van der Waals surface area contributed by atoms with Crippen LogP contribution >= 0.6 is 11.6 Å². The highest BCUT2D eigenvalue weighted by Gasteiger charge is 2.24. The summed E-state index contributed by atoms with van der Waals surface area (Å²) in [7, 11) is 0. The topological polar surface area (TPSA) is 45.9 Å². The van der Waals surface area contributed by atoms with Gasteiger partial charge in [-0.3, -0.25) is 0 Å². The predicted octanol–water partition coefficient (Wildman–Crippen LogP) is 2.15. The molecular weight excluding hydrogens is 188 g/mol. The van der Waals surface area contributed by atoms with E-state index in [2.05, 4.69) is 4.98 Å². The van der Waals surface area contributed by atoms with Crippen molar-refractivity contribution in [1.82, 2.24) is 4.98 Å². The molecule has 13 heavy (non-hydrogen) atoms. The van der Waals surface area contributed by atoms with Gasteiger partial charge in [0, 0.05) is 12.3 Å². The molecule has 0 aliphatic heterocycles. The second-order valence-corrected chi connectivity index (χ2v) is 3.30. The maximum atomic E-state index is 8.61. The van der Waals surface area contributed by atoms with Crippen LogP contribution in [0, 0.1) is 11.3 Å². The summed E-state index contributed by atoms with van der Waals surface area (Å²) in [4.78, 5) is 3.85. The van der Waals surface area contributed by atoms with E-state index in [0.717, 1.165) is 12.8 Å². The van der Waals surface area contributed by atoms with Crippen LogP contribution in [0.1, 0.15) is 18.4 Å². The standard InChI is InChI=1S/C9H7ClN2O/c10-9-8(13-7-1-2-7)3-6(4-11)5-12-9/h3,5,7H,1-2H2. The van der Waals surface area contributed by atoms with Crippen molar-refractivity contribution in [3.05, 3.63) is 23.0 Å². The van der Waals surface area contributed by atoms with Crippen molar-refractivity contribution in [3.63, 3.8) is 0 Å². The molecule has 0 amide bonds. The highest BCUT2D eigenvalue weighted by Crippen LogP contribution is 2.30. The van der Waals surface area contributed by atoms with Crippen molar-refractivity contribution in [2.24, 2.45) is 0 Å². The highest BCUT2D eigenvalue weighted by atomic mass is 35.5. The number of rotatable bonds is 2. The highest BCUT2D eigenvalue weighted by molar-refractivity contribution is 6.30. The second-order valence-electron chi connectivity index (χ2n) is 2.94. The van der Waals surface area contributed by atoms with Crippen molar-refractivity contribution >= 4 is 11.6 Å². The summed E-state index contributed by atoms with van der Waals surface area (Å²) in [6, 6.07) is 3.61. The van der Waals surface area contributed by atoms with Gasteiger partial charge in [-0.15, -0.1) is 0 Å². The fourth-order valence-electron chi connectivity index (χ4n) is 0.937. The minimum Gasteiger partial charge on any atom is -0.487 e. The molecule has 1 aromatic heterocycles. The third-order valence-corrected chi connectivity index (χ3v) is 2.04. The van der Waals surface area contributed by atoms with E-state index in [0.29, 0.717) is 16.5 Å². The molecule has 0 unspecified atom stereocenters. The van der Waals surface area contributed by atoms with E-state index < -0.39 is 0 Å². The largest absolute Gasteiger partial charge is 0.487 e. The van der Waals surface area contributed by atoms with Crippen LogP contribution in [-0.2, 0) is 0 Å². The van der Waals surface area contributed by atoms with Gasteiger partial charge in [0.15, 0.2) is 10.9 Å². The van der Waals surface area contributed by atoms with Crippen molar-refractivity contribution in [2.75, 3.05) is 0 Å². The molecule has 0 aromatic carbocycles. The maximum absolute atomic E-state index is 8.61. The molecule has 1 aliphatic carbocycles. The second kappa shape index (κ2) is 3.23. The van der Waals surface area contributed by atoms with Crippen molar-refractivity contribution < 1.29 is 4.74 Å². The summed E-state index contributed by atoms with van der Waals surface area (Å²) >= 11 is 5.78. The zero-order valence-electron chi connectivity index (χ0n) is 6.83. The SMILES string of the molecule is N#Cc1cnc(Cl)c(OC2CC2)c1. The normalized spacial score (nSPS) is 15.1. The summed E-state index contributed by atoms with van der Waals surface area (Å²) in [6.07, 6.45) is 3.83. The van der Waals surface area contributed by atoms with Crippen molar-refractivity contribution in [3.8, 4) is 11.8 Å². The lowest BCUT2D eigenvalue weighted by atomic mass is 10.3. The van der Waals surface area contributed by atoms with E-state index in [4.69, 9.17) is 21.6 Å². The molecule has 4 heteroatoms. The van der Waals surface area contributed by atoms with E-state index in [9.17, 15) is 0 Å². The Balaban J connectivity index is 2.25. The van der Waals surface area contributed by atoms with Crippen molar-refractivity contribution in [1.29, 1.82) is 5.26 Å². The van der Waals surface area contributed by atoms with Gasteiger partial charge in [0.2, 0.25) is 0 Å². The first kappa shape index (κ1) is 8.33. The molecule has 0 saturated heterocycles. The lowest BCUT2D eigenvalue weighted by Gasteiger charge is -2.04. The molecule has 3 nitrogen and oxygen atoms in total. The van der Waals surface area contributed by atoms with E-state index in [1.54, 1.807) is 6.07 Å². The fourth-order valence-corrected chi connectivity index (χ4v) is 1.09. The lowest BCUT2D eigenvalue weighted by Crippen LogP contribution is -1.97. The number of pyridine rings is 1. The first-order chi connectivity index (χ1) is 6.29. The number of nitrogens with zero attached hydrogens (tertiary/aromatic N) is 2. The average Bonchev–Trinajstić information content (AvgIpc) is 2.93. The summed E-state index contributed by atoms with van der Waals surface area (Å²) in [5, 5.41) is 8.94. The Morgan fingerprint density at radius 3 is 3.00 bits per heavy atom. The van der Waals surface area contributed by atoms with Gasteiger partial charge in [-0.2, -0.15) is 5.26 Å². The van der Waals surface area contributed by atoms with Gasteiger partial charge in [-0.25, -0.2) is 4.98 Å². The zero-order chi connectivity index (χ0) is 9.26. The molecule has 0 radical (unpaired) electrons. The van der Waals surface area contributed by atoms with Crippen LogP contribution in [0.5, 0.6) is 5.75 Å². The fraction of sp³-hybridized carbons (Fsp3) is 0.333. The minimum atomic E-state index is 0.272. The molecule has 1 heterocycles. The summed E-state index contributed by atoms with van der Waals surface area (Å²) in [5.74, 6) is 0.517. The Hall–Kier alpha value is -1.27. The van der Waals surface area contributed by atoms with E-state index in [-0.39, 0.29) is 6.10 Å². The third-order valence-electron chi connectivity index (χ3n) is 1.75. The van der Waals surface area contributed by atoms with Crippen LogP contribution in [0.15, 0.2) is 12.3 Å². The van der Waals surface area contributed by atoms with Gasteiger partial charge in [0.25, 0.3) is 0 Å². The Kier molecular flexibility index (Phi) is 2.07. The molecule has 1 aliphatic rings. The summed E-state index contributed by atoms with van der Waals surface area (Å²) in [6.45, 7) is 0. The molecule has 0 spiro atoms. The first-order valence-corrected chi connectivity index (χ1v) is 4.39. The average molecular weight is 195 g/mol. The first-order valence-electron chi connectivity index (χ1n) is 4.02. The Bertz CT molecular complexity index is 368. The number of hydrogen-bond acceptors (Lipinski definition) is 3. The molecule has 1 fully saturated rings. The molecule has 0 bridgehead atoms. The molecule has 0 N–H and O–H groups in total. The lowest BCUT2D eigenvalue weighted by molar-refractivity contribution is 0.302. The molecule has 66 valence electrons. The molecular formula is C9H7ClN2O. The van der Waals surface area contributed by atoms with Gasteiger partial charge in [0.1, 0.15) is 6.07 Å². The molecule has 1 saturated carbocycles. The number of halogens is 1. The zero-order valence-corrected chi connectivity index (χ0v) is 7.58. The minimum absolute atomic E-state index is 0.272. The van der Waals surface area contributed by atoms with Crippen LogP contribution in [0.25, 0.3) is 0 Å². The van der Waals surface area contributed by atoms with Gasteiger partial charge in [0.05, 0.1) is 11.7 Å². The Morgan fingerprint density at radius 2 is 2.38 bits per heavy atom. The predicted molar refractivity (Wildman–Crippen MR) is 47.6 cm³/mol. The number of aromatic nitrogens is 1. The van der Waals surface area contributed by atoms with Crippen LogP contribution in [0.2, 0.25) is 5.15 Å². The van der Waals surface area contributed by atoms with Gasteiger partial charge >= 0.3 is 0 Å². The van der Waals surface area contributed by atoms with Crippen LogP contribution in [-0.4, -0.2) is 11.1 Å². The Morgan fingerprint density at radius 1 is 1.62 bits per heavy atom. The monoisotopic (exact) mass is 194 g/mol. The van der Waals surface area contributed by atoms with Crippen LogP contribution < -0.4 is 4.74 Å². The number of ether oxygens (including phenoxy) is 1. The van der Waals surface area contributed by atoms with E-state index in [1.165, 1.54) is 6.20 Å². The van der Waals surface area contributed by atoms with Crippen LogP contribution in [0.4, 0.5) is 0 Å². The number of hydrogen-bond donors (Lipinski definition) is 0. The summed E-state index contributed by atoms with van der Waals surface area (Å²) in [5.41, 5.74) is 0.472. The van der Waals surface area contributed by atoms with E-state index >= 15 is 0 Å². The maximum Gasteiger partial charge on any atom is 0.171 e. The smallest absolute Gasteiger partial charge is 0.171 e. The summed E-state index contributed by atoms with van der Waals surface area (Å²) < 4.78 is 5.45. The van der Waals surface area contributed by atoms with Gasteiger partial charge < -0.3 is 4.74 Å². The Labute approximate surface area is 80.9 Å². The molecule has 1 aromatic rings. The van der Waals surface area contributed by atoms with E-state index in [1.807, 2.05) is 6.07 Å². The van der Waals surface area contributed by atoms with Crippen LogP contribution in [0.3, 0.4) is 0 Å².